The van der Waals surface area contributed by atoms with Gasteiger partial charge in [0.25, 0.3) is 0 Å². The van der Waals surface area contributed by atoms with E-state index in [-0.39, 0.29) is 17.0 Å². The first-order valence-corrected chi connectivity index (χ1v) is 9.12. The van der Waals surface area contributed by atoms with Gasteiger partial charge in [-0.15, -0.1) is 0 Å². The van der Waals surface area contributed by atoms with Crippen LogP contribution < -0.4 is 5.73 Å². The molecule has 1 aliphatic rings. The average molecular weight is 389 g/mol. The largest absolute Gasteiger partial charge is 0.462 e. The van der Waals surface area contributed by atoms with Crippen LogP contribution in [0.1, 0.15) is 6.23 Å². The molecule has 0 spiro atoms. The van der Waals surface area contributed by atoms with Gasteiger partial charge in [0.1, 0.15) is 42.9 Å². The second kappa shape index (κ2) is 6.87. The molecule has 3 heterocycles. The monoisotopic (exact) mass is 389 g/mol. The Kier molecular flexibility index (Phi) is 4.92. The topological polar surface area (TPSA) is 203 Å². The Morgan fingerprint density at radius 1 is 1.31 bits per heavy atom. The number of aliphatic hydroxyl groups is 2. The molecule has 0 unspecified atom stereocenters. The van der Waals surface area contributed by atoms with Crippen molar-refractivity contribution in [3.8, 4) is 0 Å². The van der Waals surface area contributed by atoms with Crippen molar-refractivity contribution in [2.75, 3.05) is 18.5 Å². The van der Waals surface area contributed by atoms with Crippen LogP contribution in [0.15, 0.2) is 12.7 Å². The summed E-state index contributed by atoms with van der Waals surface area (Å²) in [4.78, 5) is 40.6. The van der Waals surface area contributed by atoms with Crippen LogP contribution in [0.3, 0.4) is 0 Å². The van der Waals surface area contributed by atoms with Gasteiger partial charge in [0, 0.05) is 0 Å². The fraction of sp³-hybridized carbons (Fsp3) is 0.500. The summed E-state index contributed by atoms with van der Waals surface area (Å²) in [7, 11) is -4.56. The van der Waals surface area contributed by atoms with Crippen LogP contribution in [-0.4, -0.2) is 76.6 Å². The Hall–Kier alpha value is -2.15. The third kappa shape index (κ3) is 3.67. The van der Waals surface area contributed by atoms with Crippen LogP contribution in [-0.2, 0) is 18.8 Å². The summed E-state index contributed by atoms with van der Waals surface area (Å²) in [5.74, 6) is -1.02. The standard InChI is InChI=1S/C12H16N5O8P/c13-10-7-11(15-3-14-10)17(4-16-7)12-9(20)8(19)5(25-12)1-24-6(18)2-26(21,22)23/h3-5,8-9,12,19-20H,1-2H2,(H2,13,14,15)(H2,21,22,23)/t5-,8-,9+,12+/m0/s1. The highest BCUT2D eigenvalue weighted by Gasteiger charge is 2.45. The van der Waals surface area contributed by atoms with Gasteiger partial charge in [0.05, 0.1) is 6.33 Å². The Morgan fingerprint density at radius 2 is 2.04 bits per heavy atom. The molecule has 0 radical (unpaired) electrons. The van der Waals surface area contributed by atoms with E-state index in [9.17, 15) is 19.6 Å². The van der Waals surface area contributed by atoms with Gasteiger partial charge in [-0.25, -0.2) is 15.0 Å². The molecular weight excluding hydrogens is 373 g/mol. The number of anilines is 1. The number of nitrogens with zero attached hydrogens (tertiary/aromatic N) is 4. The van der Waals surface area contributed by atoms with E-state index in [2.05, 4.69) is 15.0 Å². The molecule has 26 heavy (non-hydrogen) atoms. The van der Waals surface area contributed by atoms with Crippen molar-refractivity contribution in [2.45, 2.75) is 24.5 Å². The number of fused-ring (bicyclic) bond motifs is 1. The first-order valence-electron chi connectivity index (χ1n) is 7.32. The van der Waals surface area contributed by atoms with Crippen molar-refractivity contribution in [1.82, 2.24) is 19.5 Å². The lowest BCUT2D eigenvalue weighted by molar-refractivity contribution is -0.147. The summed E-state index contributed by atoms with van der Waals surface area (Å²) in [5, 5.41) is 20.3. The third-order valence-electron chi connectivity index (χ3n) is 3.74. The predicted octanol–water partition coefficient (Wildman–Crippen LogP) is -2.25. The molecule has 6 N–H and O–H groups in total. The molecule has 4 atom stereocenters. The van der Waals surface area contributed by atoms with Crippen LogP contribution in [0.2, 0.25) is 0 Å². The fourth-order valence-corrected chi connectivity index (χ4v) is 2.97. The Labute approximate surface area is 145 Å². The highest BCUT2D eigenvalue weighted by atomic mass is 31.2. The minimum atomic E-state index is -4.56. The van der Waals surface area contributed by atoms with E-state index in [1.54, 1.807) is 0 Å². The zero-order valence-corrected chi connectivity index (χ0v) is 14.0. The van der Waals surface area contributed by atoms with Crippen molar-refractivity contribution < 1.29 is 38.8 Å². The van der Waals surface area contributed by atoms with Gasteiger partial charge >= 0.3 is 13.6 Å². The zero-order valence-electron chi connectivity index (χ0n) is 13.1. The number of rotatable bonds is 5. The first kappa shape index (κ1) is 18.6. The average Bonchev–Trinajstić information content (AvgIpc) is 3.08. The lowest BCUT2D eigenvalue weighted by atomic mass is 10.1. The van der Waals surface area contributed by atoms with Gasteiger partial charge in [-0.1, -0.05) is 0 Å². The molecule has 0 aromatic carbocycles. The normalized spacial score (nSPS) is 26.3. The number of ether oxygens (including phenoxy) is 2. The molecular formula is C12H16N5O8P. The summed E-state index contributed by atoms with van der Waals surface area (Å²) in [6.45, 7) is -0.503. The first-order chi connectivity index (χ1) is 12.2. The number of carbonyl (C=O) groups excluding carboxylic acids is 1. The van der Waals surface area contributed by atoms with E-state index in [1.165, 1.54) is 17.2 Å². The van der Waals surface area contributed by atoms with Gasteiger partial charge in [-0.3, -0.25) is 13.9 Å². The maximum absolute atomic E-state index is 11.4. The minimum absolute atomic E-state index is 0.129. The Bertz CT molecular complexity index is 868. The number of imidazole rings is 1. The van der Waals surface area contributed by atoms with Gasteiger partial charge in [-0.05, 0) is 0 Å². The lowest BCUT2D eigenvalue weighted by Gasteiger charge is -2.16. The Morgan fingerprint density at radius 3 is 2.73 bits per heavy atom. The summed E-state index contributed by atoms with van der Waals surface area (Å²) >= 11 is 0. The quantitative estimate of drug-likeness (QED) is 0.272. The highest BCUT2D eigenvalue weighted by Crippen LogP contribution is 2.35. The van der Waals surface area contributed by atoms with Gasteiger partial charge in [0.15, 0.2) is 17.7 Å². The molecule has 1 aliphatic heterocycles. The fourth-order valence-electron chi connectivity index (χ4n) is 2.54. The van der Waals surface area contributed by atoms with Crippen molar-refractivity contribution in [3.63, 3.8) is 0 Å². The number of aliphatic hydroxyl groups excluding tert-OH is 2. The number of hydrogen-bond acceptors (Lipinski definition) is 10. The van der Waals surface area contributed by atoms with Crippen molar-refractivity contribution in [1.29, 1.82) is 0 Å². The van der Waals surface area contributed by atoms with E-state index in [0.717, 1.165) is 0 Å². The molecule has 1 fully saturated rings. The summed E-state index contributed by atoms with van der Waals surface area (Å²) in [6, 6.07) is 0. The molecule has 0 bridgehead atoms. The van der Waals surface area contributed by atoms with E-state index >= 15 is 0 Å². The summed E-state index contributed by atoms with van der Waals surface area (Å²) in [6.07, 6.45) is -3.60. The molecule has 3 rings (SSSR count). The highest BCUT2D eigenvalue weighted by molar-refractivity contribution is 7.52. The molecule has 0 saturated carbocycles. The SMILES string of the molecule is Nc1ncnc2c1ncn2[C@@H]1O[C@@H](COC(=O)CP(=O)(O)O)[C@H](O)[C@H]1O. The molecule has 13 nitrogen and oxygen atoms in total. The molecule has 1 saturated heterocycles. The zero-order chi connectivity index (χ0) is 19.1. The van der Waals surface area contributed by atoms with Gasteiger partial charge < -0.3 is 35.2 Å². The molecule has 142 valence electrons. The number of nitrogens with two attached hydrogens (primary N) is 1. The molecule has 14 heteroatoms. The minimum Gasteiger partial charge on any atom is -0.462 e. The lowest BCUT2D eigenvalue weighted by Crippen LogP contribution is -2.34. The summed E-state index contributed by atoms with van der Waals surface area (Å²) in [5.41, 5.74) is 6.25. The smallest absolute Gasteiger partial charge is 0.336 e. The number of esters is 1. The van der Waals surface area contributed by atoms with E-state index in [4.69, 9.17) is 25.0 Å². The molecule has 2 aromatic rings. The van der Waals surface area contributed by atoms with Crippen molar-refractivity contribution >= 4 is 30.5 Å². The van der Waals surface area contributed by atoms with Crippen LogP contribution in [0.4, 0.5) is 5.82 Å². The second-order valence-electron chi connectivity index (χ2n) is 5.64. The van der Waals surface area contributed by atoms with Gasteiger partial charge in [-0.2, -0.15) is 0 Å². The van der Waals surface area contributed by atoms with E-state index in [0.29, 0.717) is 0 Å². The molecule has 0 aliphatic carbocycles. The van der Waals surface area contributed by atoms with E-state index < -0.39 is 50.9 Å². The maximum Gasteiger partial charge on any atom is 0.336 e. The van der Waals surface area contributed by atoms with Crippen molar-refractivity contribution in [2.24, 2.45) is 0 Å². The number of nitrogen functional groups attached to an aromatic ring is 1. The number of carbonyl (C=O) groups is 1. The van der Waals surface area contributed by atoms with Gasteiger partial charge in [0.2, 0.25) is 0 Å². The van der Waals surface area contributed by atoms with E-state index in [1.807, 2.05) is 0 Å². The third-order valence-corrected chi connectivity index (χ3v) is 4.41. The molecule has 2 aromatic heterocycles. The van der Waals surface area contributed by atoms with Crippen molar-refractivity contribution in [3.05, 3.63) is 12.7 Å². The summed E-state index contributed by atoms with van der Waals surface area (Å²) < 4.78 is 22.3. The van der Waals surface area contributed by atoms with Crippen LogP contribution >= 0.6 is 7.60 Å². The molecule has 0 amide bonds. The van der Waals surface area contributed by atoms with Crippen LogP contribution in [0.25, 0.3) is 11.2 Å². The van der Waals surface area contributed by atoms with Crippen LogP contribution in [0, 0.1) is 0 Å². The van der Waals surface area contributed by atoms with Crippen LogP contribution in [0.5, 0.6) is 0 Å². The Balaban J connectivity index is 1.72. The number of hydrogen-bond donors (Lipinski definition) is 5. The number of aromatic nitrogens is 4. The second-order valence-corrected chi connectivity index (χ2v) is 7.28. The maximum atomic E-state index is 11.4. The predicted molar refractivity (Wildman–Crippen MR) is 83.5 cm³/mol.